The molecule has 5 rings (SSSR count). The van der Waals surface area contributed by atoms with E-state index in [1.807, 2.05) is 46.8 Å². The minimum atomic E-state index is -4.85. The molecule has 3 aromatic rings. The maximum absolute atomic E-state index is 14.3. The molecule has 2 aliphatic heterocycles. The molecule has 10 heteroatoms. The summed E-state index contributed by atoms with van der Waals surface area (Å²) in [5.74, 6) is -1.52. The molecule has 0 radical (unpaired) electrons. The SMILES string of the molecule is Cn1c(C(=O)N2CCC3(CCN(C(=O)Nc4cccc(C(F)(F)F)c4F)C3)CC2)cc2ccccc21. The van der Waals surface area contributed by atoms with Crippen molar-refractivity contribution in [3.05, 3.63) is 65.6 Å². The summed E-state index contributed by atoms with van der Waals surface area (Å²) in [5, 5.41) is 3.30. The highest BCUT2D eigenvalue weighted by Gasteiger charge is 2.43. The van der Waals surface area contributed by atoms with Gasteiger partial charge in [0.1, 0.15) is 5.69 Å². The highest BCUT2D eigenvalue weighted by Crippen LogP contribution is 2.41. The molecule has 6 nitrogen and oxygen atoms in total. The molecule has 36 heavy (non-hydrogen) atoms. The second kappa shape index (κ2) is 8.83. The van der Waals surface area contributed by atoms with E-state index in [4.69, 9.17) is 0 Å². The zero-order valence-electron chi connectivity index (χ0n) is 19.7. The van der Waals surface area contributed by atoms with Gasteiger partial charge in [-0.15, -0.1) is 0 Å². The number of nitrogens with zero attached hydrogens (tertiary/aromatic N) is 3. The van der Waals surface area contributed by atoms with Crippen LogP contribution in [0.25, 0.3) is 10.9 Å². The molecule has 2 saturated heterocycles. The number of carbonyl (C=O) groups excluding carboxylic acids is 2. The molecule has 0 unspecified atom stereocenters. The Hall–Kier alpha value is -3.56. The average Bonchev–Trinajstić information content (AvgIpc) is 3.41. The Morgan fingerprint density at radius 1 is 0.944 bits per heavy atom. The number of aryl methyl sites for hydroxylation is 1. The number of benzene rings is 2. The molecule has 0 atom stereocenters. The van der Waals surface area contributed by atoms with Gasteiger partial charge in [-0.2, -0.15) is 13.2 Å². The van der Waals surface area contributed by atoms with Crippen LogP contribution in [0.5, 0.6) is 0 Å². The van der Waals surface area contributed by atoms with Crippen LogP contribution in [0.2, 0.25) is 0 Å². The molecular formula is C26H26F4N4O2. The van der Waals surface area contributed by atoms with Gasteiger partial charge in [-0.3, -0.25) is 4.79 Å². The number of urea groups is 1. The summed E-state index contributed by atoms with van der Waals surface area (Å²) in [7, 11) is 1.88. The van der Waals surface area contributed by atoms with Gasteiger partial charge in [0.2, 0.25) is 0 Å². The number of nitrogens with one attached hydrogen (secondary N) is 1. The average molecular weight is 503 g/mol. The Morgan fingerprint density at radius 3 is 2.28 bits per heavy atom. The van der Waals surface area contributed by atoms with E-state index < -0.39 is 29.3 Å². The summed E-state index contributed by atoms with van der Waals surface area (Å²) < 4.78 is 55.2. The standard InChI is InChI=1S/C26H26F4N4O2/c1-32-20-8-3-2-5-17(20)15-21(32)23(35)33-12-9-25(10-13-33)11-14-34(16-25)24(36)31-19-7-4-6-18(22(19)27)26(28,29)30/h2-8,15H,9-14,16H2,1H3,(H,31,36). The number of carbonyl (C=O) groups is 2. The Bertz CT molecular complexity index is 1330. The van der Waals surface area contributed by atoms with Gasteiger partial charge in [-0.05, 0) is 48.9 Å². The van der Waals surface area contributed by atoms with E-state index >= 15 is 0 Å². The van der Waals surface area contributed by atoms with Crippen molar-refractivity contribution in [3.63, 3.8) is 0 Å². The number of para-hydroxylation sites is 1. The first-order valence-electron chi connectivity index (χ1n) is 11.8. The van der Waals surface area contributed by atoms with Crippen molar-refractivity contribution in [1.29, 1.82) is 0 Å². The fraction of sp³-hybridized carbons (Fsp3) is 0.385. The van der Waals surface area contributed by atoms with Crippen molar-refractivity contribution in [2.75, 3.05) is 31.5 Å². The second-order valence-electron chi connectivity index (χ2n) is 9.71. The maximum Gasteiger partial charge on any atom is 0.419 e. The van der Waals surface area contributed by atoms with Crippen molar-refractivity contribution in [2.45, 2.75) is 25.4 Å². The van der Waals surface area contributed by atoms with E-state index in [-0.39, 0.29) is 11.3 Å². The number of amides is 3. The van der Waals surface area contributed by atoms with E-state index in [2.05, 4.69) is 5.32 Å². The highest BCUT2D eigenvalue weighted by molar-refractivity contribution is 5.98. The lowest BCUT2D eigenvalue weighted by Crippen LogP contribution is -2.45. The van der Waals surface area contributed by atoms with Crippen LogP contribution < -0.4 is 5.32 Å². The van der Waals surface area contributed by atoms with Gasteiger partial charge < -0.3 is 19.7 Å². The molecule has 3 amide bonds. The molecule has 1 N–H and O–H groups in total. The summed E-state index contributed by atoms with van der Waals surface area (Å²) >= 11 is 0. The number of halogens is 4. The van der Waals surface area contributed by atoms with Gasteiger partial charge in [0.25, 0.3) is 5.91 Å². The first-order chi connectivity index (χ1) is 17.1. The van der Waals surface area contributed by atoms with Gasteiger partial charge in [0, 0.05) is 44.1 Å². The lowest BCUT2D eigenvalue weighted by Gasteiger charge is -2.39. The number of piperidine rings is 1. The third-order valence-electron chi connectivity index (χ3n) is 7.55. The molecule has 3 heterocycles. The first kappa shape index (κ1) is 24.1. The smallest absolute Gasteiger partial charge is 0.340 e. The minimum absolute atomic E-state index is 0.0313. The number of likely N-dealkylation sites (tertiary alicyclic amines) is 2. The van der Waals surface area contributed by atoms with Crippen LogP contribution in [0.3, 0.4) is 0 Å². The second-order valence-corrected chi connectivity index (χ2v) is 9.71. The van der Waals surface area contributed by atoms with Gasteiger partial charge in [-0.25, -0.2) is 9.18 Å². The summed E-state index contributed by atoms with van der Waals surface area (Å²) in [6, 6.07) is 11.9. The molecule has 2 fully saturated rings. The van der Waals surface area contributed by atoms with Crippen LogP contribution in [0.15, 0.2) is 48.5 Å². The molecule has 2 aliphatic rings. The topological polar surface area (TPSA) is 57.6 Å². The molecule has 1 spiro atoms. The third-order valence-corrected chi connectivity index (χ3v) is 7.55. The zero-order valence-corrected chi connectivity index (χ0v) is 19.7. The van der Waals surface area contributed by atoms with Crippen molar-refractivity contribution in [3.8, 4) is 0 Å². The number of hydrogen-bond donors (Lipinski definition) is 1. The maximum atomic E-state index is 14.3. The number of hydrogen-bond acceptors (Lipinski definition) is 2. The number of alkyl halides is 3. The van der Waals surface area contributed by atoms with Crippen LogP contribution >= 0.6 is 0 Å². The van der Waals surface area contributed by atoms with Crippen molar-refractivity contribution in [1.82, 2.24) is 14.4 Å². The molecule has 2 aromatic carbocycles. The number of anilines is 1. The van der Waals surface area contributed by atoms with Crippen LogP contribution in [-0.4, -0.2) is 52.5 Å². The fourth-order valence-electron chi connectivity index (χ4n) is 5.40. The molecule has 1 aromatic heterocycles. The fourth-order valence-corrected chi connectivity index (χ4v) is 5.40. The first-order valence-corrected chi connectivity index (χ1v) is 11.8. The third kappa shape index (κ3) is 4.29. The van der Waals surface area contributed by atoms with E-state index in [9.17, 15) is 27.2 Å². The number of fused-ring (bicyclic) bond motifs is 1. The largest absolute Gasteiger partial charge is 0.419 e. The Kier molecular flexibility index (Phi) is 5.92. The van der Waals surface area contributed by atoms with Crippen molar-refractivity contribution in [2.24, 2.45) is 12.5 Å². The Balaban J connectivity index is 1.21. The lowest BCUT2D eigenvalue weighted by molar-refractivity contribution is -0.139. The molecule has 0 aliphatic carbocycles. The van der Waals surface area contributed by atoms with Crippen LogP contribution in [0.1, 0.15) is 35.3 Å². The van der Waals surface area contributed by atoms with Crippen molar-refractivity contribution >= 4 is 28.5 Å². The van der Waals surface area contributed by atoms with Gasteiger partial charge >= 0.3 is 12.2 Å². The highest BCUT2D eigenvalue weighted by atomic mass is 19.4. The lowest BCUT2D eigenvalue weighted by atomic mass is 9.77. The zero-order chi connectivity index (χ0) is 25.7. The van der Waals surface area contributed by atoms with Gasteiger partial charge in [-0.1, -0.05) is 24.3 Å². The quantitative estimate of drug-likeness (QED) is 0.471. The Morgan fingerprint density at radius 2 is 1.61 bits per heavy atom. The van der Waals surface area contributed by atoms with Crippen LogP contribution in [0.4, 0.5) is 28.0 Å². The molecule has 0 bridgehead atoms. The van der Waals surface area contributed by atoms with E-state index in [0.717, 1.165) is 29.5 Å². The summed E-state index contributed by atoms with van der Waals surface area (Å²) in [5.41, 5.74) is -0.460. The van der Waals surface area contributed by atoms with Crippen molar-refractivity contribution < 1.29 is 27.2 Å². The van der Waals surface area contributed by atoms with Crippen LogP contribution in [-0.2, 0) is 13.2 Å². The summed E-state index contributed by atoms with van der Waals surface area (Å²) in [4.78, 5) is 29.3. The molecular weight excluding hydrogens is 476 g/mol. The summed E-state index contributed by atoms with van der Waals surface area (Å²) in [6.45, 7) is 1.94. The van der Waals surface area contributed by atoms with Crippen LogP contribution in [0, 0.1) is 11.2 Å². The predicted molar refractivity (Wildman–Crippen MR) is 127 cm³/mol. The molecule has 0 saturated carbocycles. The van der Waals surface area contributed by atoms with E-state index in [1.54, 1.807) is 0 Å². The van der Waals surface area contributed by atoms with Gasteiger partial charge in [0.15, 0.2) is 5.82 Å². The Labute approximate surface area is 205 Å². The predicted octanol–water partition coefficient (Wildman–Crippen LogP) is 5.50. The van der Waals surface area contributed by atoms with Gasteiger partial charge in [0.05, 0.1) is 11.3 Å². The minimum Gasteiger partial charge on any atom is -0.340 e. The normalized spacial score (nSPS) is 17.7. The van der Waals surface area contributed by atoms with E-state index in [1.165, 1.54) is 4.90 Å². The number of aromatic nitrogens is 1. The molecule has 190 valence electrons. The monoisotopic (exact) mass is 502 g/mol. The summed E-state index contributed by atoms with van der Waals surface area (Å²) in [6.07, 6.45) is -2.70. The van der Waals surface area contributed by atoms with E-state index in [0.29, 0.717) is 50.8 Å². The number of rotatable bonds is 2.